The number of aryl methyl sites for hydroxylation is 1. The van der Waals surface area contributed by atoms with Crippen molar-refractivity contribution in [1.29, 1.82) is 0 Å². The van der Waals surface area contributed by atoms with Crippen molar-refractivity contribution in [2.45, 2.75) is 25.2 Å². The molecule has 25 heavy (non-hydrogen) atoms. The van der Waals surface area contributed by atoms with Crippen LogP contribution in [0.1, 0.15) is 29.3 Å². The molecule has 0 aliphatic carbocycles. The number of carbonyl (C=O) groups is 2. The van der Waals surface area contributed by atoms with Gasteiger partial charge in [-0.1, -0.05) is 17.7 Å². The number of hydrogen-bond acceptors (Lipinski definition) is 5. The number of anilines is 1. The normalized spacial score (nSPS) is 11.0. The minimum absolute atomic E-state index is 0.153. The first-order valence-electron chi connectivity index (χ1n) is 7.70. The first-order valence-corrected chi connectivity index (χ1v) is 9.18. The van der Waals surface area contributed by atoms with Crippen molar-refractivity contribution in [2.24, 2.45) is 0 Å². The van der Waals surface area contributed by atoms with Gasteiger partial charge in [0.2, 0.25) is 0 Å². The molecule has 0 fully saturated rings. The van der Waals surface area contributed by atoms with E-state index in [0.717, 1.165) is 5.56 Å². The van der Waals surface area contributed by atoms with Gasteiger partial charge in [0.25, 0.3) is 10.0 Å². The first-order chi connectivity index (χ1) is 11.8. The van der Waals surface area contributed by atoms with Gasteiger partial charge in [-0.2, -0.15) is 0 Å². The van der Waals surface area contributed by atoms with Gasteiger partial charge in [-0.05, 0) is 50.2 Å². The van der Waals surface area contributed by atoms with E-state index in [-0.39, 0.29) is 23.7 Å². The van der Waals surface area contributed by atoms with Crippen molar-refractivity contribution >= 4 is 27.5 Å². The van der Waals surface area contributed by atoms with Crippen molar-refractivity contribution in [3.05, 3.63) is 59.7 Å². The molecular weight excluding hydrogens is 342 g/mol. The predicted octanol–water partition coefficient (Wildman–Crippen LogP) is 2.93. The molecule has 0 radical (unpaired) electrons. The van der Waals surface area contributed by atoms with Gasteiger partial charge in [0, 0.05) is 11.3 Å². The number of benzene rings is 2. The second-order valence-corrected chi connectivity index (χ2v) is 7.08. The molecule has 0 aliphatic rings. The van der Waals surface area contributed by atoms with E-state index in [4.69, 9.17) is 4.74 Å². The van der Waals surface area contributed by atoms with Gasteiger partial charge >= 0.3 is 5.97 Å². The highest BCUT2D eigenvalue weighted by atomic mass is 32.2. The third kappa shape index (κ3) is 5.15. The van der Waals surface area contributed by atoms with E-state index in [9.17, 15) is 18.0 Å². The van der Waals surface area contributed by atoms with Crippen LogP contribution in [0.3, 0.4) is 0 Å². The van der Waals surface area contributed by atoms with Crippen molar-refractivity contribution < 1.29 is 22.7 Å². The smallest absolute Gasteiger partial charge is 0.313 e. The fourth-order valence-electron chi connectivity index (χ4n) is 2.10. The zero-order valence-corrected chi connectivity index (χ0v) is 14.8. The Balaban J connectivity index is 2.08. The van der Waals surface area contributed by atoms with E-state index in [1.54, 1.807) is 19.1 Å². The number of hydrogen-bond donors (Lipinski definition) is 1. The molecule has 0 saturated heterocycles. The molecular formula is C18H19NO5S. The minimum atomic E-state index is -3.70. The van der Waals surface area contributed by atoms with Crippen LogP contribution in [-0.4, -0.2) is 26.8 Å². The summed E-state index contributed by atoms with van der Waals surface area (Å²) < 4.78 is 31.8. The zero-order chi connectivity index (χ0) is 18.4. The molecule has 0 aliphatic heterocycles. The molecule has 2 rings (SSSR count). The Bertz CT molecular complexity index is 855. The zero-order valence-electron chi connectivity index (χ0n) is 14.0. The van der Waals surface area contributed by atoms with Crippen molar-refractivity contribution in [3.63, 3.8) is 0 Å². The summed E-state index contributed by atoms with van der Waals surface area (Å²) in [6.45, 7) is 3.75. The van der Waals surface area contributed by atoms with E-state index < -0.39 is 16.0 Å². The fraction of sp³-hybridized carbons (Fsp3) is 0.222. The Morgan fingerprint density at radius 1 is 1.00 bits per heavy atom. The highest BCUT2D eigenvalue weighted by Crippen LogP contribution is 2.17. The minimum Gasteiger partial charge on any atom is -0.466 e. The maximum absolute atomic E-state index is 12.3. The van der Waals surface area contributed by atoms with Crippen molar-refractivity contribution in [2.75, 3.05) is 11.3 Å². The lowest BCUT2D eigenvalue weighted by Gasteiger charge is -2.09. The monoisotopic (exact) mass is 361 g/mol. The molecule has 0 unspecified atom stereocenters. The van der Waals surface area contributed by atoms with Crippen LogP contribution >= 0.6 is 0 Å². The molecule has 2 aromatic carbocycles. The molecule has 0 aromatic heterocycles. The van der Waals surface area contributed by atoms with Crippen molar-refractivity contribution in [1.82, 2.24) is 0 Å². The highest BCUT2D eigenvalue weighted by Gasteiger charge is 2.15. The largest absolute Gasteiger partial charge is 0.466 e. The van der Waals surface area contributed by atoms with Gasteiger partial charge in [-0.3, -0.25) is 14.3 Å². The van der Waals surface area contributed by atoms with E-state index >= 15 is 0 Å². The quantitative estimate of drug-likeness (QED) is 0.465. The van der Waals surface area contributed by atoms with Crippen LogP contribution in [0.2, 0.25) is 0 Å². The topological polar surface area (TPSA) is 89.5 Å². The summed E-state index contributed by atoms with van der Waals surface area (Å²) in [4.78, 5) is 23.4. The summed E-state index contributed by atoms with van der Waals surface area (Å²) in [5, 5.41) is 0. The highest BCUT2D eigenvalue weighted by molar-refractivity contribution is 7.92. The van der Waals surface area contributed by atoms with Crippen molar-refractivity contribution in [3.8, 4) is 0 Å². The molecule has 0 saturated carbocycles. The van der Waals surface area contributed by atoms with E-state index in [2.05, 4.69) is 4.72 Å². The average molecular weight is 361 g/mol. The molecule has 0 spiro atoms. The Kier molecular flexibility index (Phi) is 5.93. The first kappa shape index (κ1) is 18.7. The van der Waals surface area contributed by atoms with Gasteiger partial charge in [0.1, 0.15) is 6.42 Å². The Labute approximate surface area is 146 Å². The number of ketones is 1. The molecule has 0 amide bonds. The number of nitrogens with one attached hydrogen (secondary N) is 1. The maximum Gasteiger partial charge on any atom is 0.313 e. The molecule has 0 heterocycles. The number of sulfonamides is 1. The molecule has 6 nitrogen and oxygen atoms in total. The van der Waals surface area contributed by atoms with E-state index in [1.807, 2.05) is 6.92 Å². The second kappa shape index (κ2) is 7.94. The van der Waals surface area contributed by atoms with Crippen LogP contribution in [0, 0.1) is 6.92 Å². The maximum atomic E-state index is 12.3. The number of carbonyl (C=O) groups excluding carboxylic acids is 2. The van der Waals surface area contributed by atoms with Crippen LogP contribution in [0.5, 0.6) is 0 Å². The lowest BCUT2D eigenvalue weighted by atomic mass is 10.1. The SMILES string of the molecule is CCOC(=O)CC(=O)c1ccc(NS(=O)(=O)c2ccc(C)cc2)cc1. The third-order valence-electron chi connectivity index (χ3n) is 3.40. The summed E-state index contributed by atoms with van der Waals surface area (Å²) in [5.41, 5.74) is 1.60. The van der Waals surface area contributed by atoms with Gasteiger partial charge < -0.3 is 4.74 Å². The van der Waals surface area contributed by atoms with Gasteiger partial charge in [0.05, 0.1) is 11.5 Å². The summed E-state index contributed by atoms with van der Waals surface area (Å²) in [6.07, 6.45) is -0.345. The fourth-order valence-corrected chi connectivity index (χ4v) is 3.16. The Hall–Kier alpha value is -2.67. The molecule has 7 heteroatoms. The molecule has 0 atom stereocenters. The molecule has 0 bridgehead atoms. The lowest BCUT2D eigenvalue weighted by molar-refractivity contribution is -0.141. The Morgan fingerprint density at radius 2 is 1.60 bits per heavy atom. The standard InChI is InChI=1S/C18H19NO5S/c1-3-24-18(21)12-17(20)14-6-8-15(9-7-14)19-25(22,23)16-10-4-13(2)5-11-16/h4-11,19H,3,12H2,1-2H3. The lowest BCUT2D eigenvalue weighted by Crippen LogP contribution is -2.13. The summed E-state index contributed by atoms with van der Waals surface area (Å²) >= 11 is 0. The van der Waals surface area contributed by atoms with E-state index in [1.165, 1.54) is 36.4 Å². The number of rotatable bonds is 7. The molecule has 132 valence electrons. The third-order valence-corrected chi connectivity index (χ3v) is 4.80. The molecule has 2 aromatic rings. The second-order valence-electron chi connectivity index (χ2n) is 5.40. The average Bonchev–Trinajstić information content (AvgIpc) is 2.55. The number of Topliss-reactive ketones (excluding diaryl/α,β-unsaturated/α-hetero) is 1. The molecule has 1 N–H and O–H groups in total. The predicted molar refractivity (Wildman–Crippen MR) is 94.0 cm³/mol. The number of esters is 1. The number of ether oxygens (including phenoxy) is 1. The summed E-state index contributed by atoms with van der Waals surface area (Å²) in [7, 11) is -3.70. The van der Waals surface area contributed by atoms with Gasteiger partial charge in [0.15, 0.2) is 5.78 Å². The van der Waals surface area contributed by atoms with Crippen LogP contribution in [0.25, 0.3) is 0 Å². The van der Waals surface area contributed by atoms with E-state index in [0.29, 0.717) is 11.3 Å². The van der Waals surface area contributed by atoms with Crippen LogP contribution in [0.4, 0.5) is 5.69 Å². The van der Waals surface area contributed by atoms with Crippen LogP contribution < -0.4 is 4.72 Å². The van der Waals surface area contributed by atoms with Gasteiger partial charge in [-0.25, -0.2) is 8.42 Å². The Morgan fingerprint density at radius 3 is 2.16 bits per heavy atom. The van der Waals surface area contributed by atoms with Crippen LogP contribution in [0.15, 0.2) is 53.4 Å². The summed E-state index contributed by atoms with van der Waals surface area (Å²) in [6, 6.07) is 12.4. The summed E-state index contributed by atoms with van der Waals surface area (Å²) in [5.74, 6) is -0.969. The van der Waals surface area contributed by atoms with Gasteiger partial charge in [-0.15, -0.1) is 0 Å². The van der Waals surface area contributed by atoms with Crippen LogP contribution in [-0.2, 0) is 19.6 Å².